The molecule has 0 spiro atoms. The van der Waals surface area contributed by atoms with Gasteiger partial charge in [0.05, 0.1) is 6.04 Å². The van der Waals surface area contributed by atoms with Gasteiger partial charge in [-0.25, -0.2) is 0 Å². The van der Waals surface area contributed by atoms with Gasteiger partial charge in [0.2, 0.25) is 0 Å². The molecule has 1 aromatic carbocycles. The van der Waals surface area contributed by atoms with E-state index >= 15 is 0 Å². The van der Waals surface area contributed by atoms with Crippen molar-refractivity contribution in [3.05, 3.63) is 29.8 Å². The Labute approximate surface area is 85.7 Å². The first-order valence-electron chi connectivity index (χ1n) is 5.29. The molecule has 2 nitrogen and oxygen atoms in total. The van der Waals surface area contributed by atoms with Crippen LogP contribution in [-0.4, -0.2) is 19.1 Å². The van der Waals surface area contributed by atoms with Crippen molar-refractivity contribution in [1.29, 1.82) is 0 Å². The number of hydrogen-bond acceptors (Lipinski definition) is 2. The molecule has 1 fully saturated rings. The van der Waals surface area contributed by atoms with Gasteiger partial charge in [0, 0.05) is 18.8 Å². The van der Waals surface area contributed by atoms with Gasteiger partial charge in [-0.3, -0.25) is 0 Å². The van der Waals surface area contributed by atoms with Crippen molar-refractivity contribution >= 4 is 5.69 Å². The van der Waals surface area contributed by atoms with Gasteiger partial charge in [0.25, 0.3) is 0 Å². The van der Waals surface area contributed by atoms with Gasteiger partial charge >= 0.3 is 0 Å². The van der Waals surface area contributed by atoms with E-state index in [9.17, 15) is 0 Å². The van der Waals surface area contributed by atoms with Crippen LogP contribution in [0.5, 0.6) is 0 Å². The fraction of sp³-hybridized carbons (Fsp3) is 0.500. The van der Waals surface area contributed by atoms with E-state index in [4.69, 9.17) is 5.73 Å². The molecule has 2 heteroatoms. The van der Waals surface area contributed by atoms with Crippen LogP contribution in [0.25, 0.3) is 0 Å². The number of benzene rings is 1. The summed E-state index contributed by atoms with van der Waals surface area (Å²) >= 11 is 0. The van der Waals surface area contributed by atoms with E-state index in [1.807, 2.05) is 0 Å². The van der Waals surface area contributed by atoms with Crippen LogP contribution < -0.4 is 10.6 Å². The summed E-state index contributed by atoms with van der Waals surface area (Å²) < 4.78 is 0. The zero-order valence-electron chi connectivity index (χ0n) is 8.90. The van der Waals surface area contributed by atoms with Gasteiger partial charge in [-0.15, -0.1) is 0 Å². The van der Waals surface area contributed by atoms with E-state index in [0.29, 0.717) is 12.0 Å². The Balaban J connectivity index is 2.08. The van der Waals surface area contributed by atoms with Gasteiger partial charge < -0.3 is 10.6 Å². The van der Waals surface area contributed by atoms with Gasteiger partial charge in [-0.2, -0.15) is 0 Å². The molecule has 0 aliphatic carbocycles. The van der Waals surface area contributed by atoms with Crippen molar-refractivity contribution in [2.24, 2.45) is 5.73 Å². The molecule has 0 aromatic heterocycles. The lowest BCUT2D eigenvalue weighted by Crippen LogP contribution is -2.11. The van der Waals surface area contributed by atoms with Crippen LogP contribution in [0.1, 0.15) is 25.3 Å². The van der Waals surface area contributed by atoms with E-state index in [-0.39, 0.29) is 0 Å². The Bertz CT molecular complexity index is 303. The molecular weight excluding hydrogens is 172 g/mol. The lowest BCUT2D eigenvalue weighted by atomic mass is 10.0. The molecule has 1 aromatic rings. The quantitative estimate of drug-likeness (QED) is 0.738. The summed E-state index contributed by atoms with van der Waals surface area (Å²) in [7, 11) is 0. The fourth-order valence-electron chi connectivity index (χ4n) is 1.75. The molecule has 1 aliphatic heterocycles. The molecule has 1 saturated heterocycles. The van der Waals surface area contributed by atoms with Crippen LogP contribution in [0, 0.1) is 0 Å². The zero-order chi connectivity index (χ0) is 10.1. The number of hydrogen-bond donors (Lipinski definition) is 1. The predicted octanol–water partition coefficient (Wildman–Crippen LogP) is 1.96. The molecule has 1 unspecified atom stereocenters. The van der Waals surface area contributed by atoms with Crippen LogP contribution in [-0.2, 0) is 0 Å². The fourth-order valence-corrected chi connectivity index (χ4v) is 1.75. The number of nitrogens with two attached hydrogens (primary N) is 1. The third-order valence-corrected chi connectivity index (χ3v) is 2.88. The topological polar surface area (TPSA) is 29.0 Å². The predicted molar refractivity (Wildman–Crippen MR) is 60.7 cm³/mol. The number of nitrogens with zero attached hydrogens (tertiary/aromatic N) is 1. The van der Waals surface area contributed by atoms with E-state index in [0.717, 1.165) is 13.1 Å². The summed E-state index contributed by atoms with van der Waals surface area (Å²) in [5.74, 6) is 0.614. The summed E-state index contributed by atoms with van der Waals surface area (Å²) in [5, 5.41) is 0. The van der Waals surface area contributed by atoms with Crippen molar-refractivity contribution in [2.45, 2.75) is 25.8 Å². The third-order valence-electron chi connectivity index (χ3n) is 2.88. The van der Waals surface area contributed by atoms with Crippen molar-refractivity contribution in [1.82, 2.24) is 0 Å². The Hall–Kier alpha value is -1.02. The standard InChI is InChI=1S/C12H18N2/c1-9(2)10-3-5-11(6-4-10)14-8-12(14)7-13/h3-6,9,12H,7-8,13H2,1-2H3. The SMILES string of the molecule is CC(C)c1ccc(N2CC2CN)cc1. The van der Waals surface area contributed by atoms with Gasteiger partial charge in [-0.1, -0.05) is 26.0 Å². The average molecular weight is 190 g/mol. The second-order valence-corrected chi connectivity index (χ2v) is 4.29. The maximum Gasteiger partial charge on any atom is 0.0588 e. The third kappa shape index (κ3) is 1.75. The maximum absolute atomic E-state index is 5.60. The number of anilines is 1. The Morgan fingerprint density at radius 2 is 2.00 bits per heavy atom. The first-order valence-corrected chi connectivity index (χ1v) is 5.29. The number of rotatable bonds is 3. The highest BCUT2D eigenvalue weighted by molar-refractivity contribution is 5.54. The normalized spacial score (nSPS) is 20.3. The van der Waals surface area contributed by atoms with E-state index in [1.54, 1.807) is 0 Å². The highest BCUT2D eigenvalue weighted by Crippen LogP contribution is 2.28. The molecular formula is C12H18N2. The lowest BCUT2D eigenvalue weighted by Gasteiger charge is -2.08. The second kappa shape index (κ2) is 3.62. The molecule has 14 heavy (non-hydrogen) atoms. The van der Waals surface area contributed by atoms with Crippen molar-refractivity contribution in [2.75, 3.05) is 18.0 Å². The molecule has 1 heterocycles. The summed E-state index contributed by atoms with van der Waals surface area (Å²) in [6, 6.07) is 9.41. The van der Waals surface area contributed by atoms with Crippen molar-refractivity contribution < 1.29 is 0 Å². The van der Waals surface area contributed by atoms with Gasteiger partial charge in [0.1, 0.15) is 0 Å². The maximum atomic E-state index is 5.60. The minimum absolute atomic E-state index is 0.583. The monoisotopic (exact) mass is 190 g/mol. The van der Waals surface area contributed by atoms with Crippen LogP contribution >= 0.6 is 0 Å². The Kier molecular flexibility index (Phi) is 2.46. The zero-order valence-corrected chi connectivity index (χ0v) is 8.90. The molecule has 0 bridgehead atoms. The first kappa shape index (κ1) is 9.53. The average Bonchev–Trinajstić information content (AvgIpc) is 2.97. The minimum atomic E-state index is 0.583. The second-order valence-electron chi connectivity index (χ2n) is 4.29. The molecule has 0 radical (unpaired) electrons. The molecule has 2 N–H and O–H groups in total. The molecule has 2 rings (SSSR count). The Morgan fingerprint density at radius 3 is 2.43 bits per heavy atom. The van der Waals surface area contributed by atoms with E-state index in [2.05, 4.69) is 43.0 Å². The van der Waals surface area contributed by atoms with Crippen LogP contribution in [0.4, 0.5) is 5.69 Å². The Morgan fingerprint density at radius 1 is 1.36 bits per heavy atom. The summed E-state index contributed by atoms with van der Waals surface area (Å²) in [5.41, 5.74) is 8.31. The van der Waals surface area contributed by atoms with E-state index < -0.39 is 0 Å². The van der Waals surface area contributed by atoms with Gasteiger partial charge in [-0.05, 0) is 23.6 Å². The van der Waals surface area contributed by atoms with E-state index in [1.165, 1.54) is 11.3 Å². The molecule has 0 saturated carbocycles. The molecule has 1 atom stereocenters. The van der Waals surface area contributed by atoms with Crippen LogP contribution in [0.15, 0.2) is 24.3 Å². The molecule has 1 aliphatic rings. The molecule has 0 amide bonds. The molecule has 76 valence electrons. The highest BCUT2D eigenvalue weighted by atomic mass is 15.3. The minimum Gasteiger partial charge on any atom is -0.363 e. The van der Waals surface area contributed by atoms with Crippen LogP contribution in [0.3, 0.4) is 0 Å². The van der Waals surface area contributed by atoms with Crippen molar-refractivity contribution in [3.8, 4) is 0 Å². The largest absolute Gasteiger partial charge is 0.363 e. The van der Waals surface area contributed by atoms with Crippen molar-refractivity contribution in [3.63, 3.8) is 0 Å². The summed E-state index contributed by atoms with van der Waals surface area (Å²) in [4.78, 5) is 2.34. The summed E-state index contributed by atoms with van der Waals surface area (Å²) in [6.07, 6.45) is 0. The lowest BCUT2D eigenvalue weighted by molar-refractivity contribution is 0.866. The van der Waals surface area contributed by atoms with Crippen LogP contribution in [0.2, 0.25) is 0 Å². The summed E-state index contributed by atoms with van der Waals surface area (Å²) in [6.45, 7) is 6.33. The first-order chi connectivity index (χ1) is 6.72. The highest BCUT2D eigenvalue weighted by Gasteiger charge is 2.32. The van der Waals surface area contributed by atoms with Gasteiger partial charge in [0.15, 0.2) is 0 Å². The smallest absolute Gasteiger partial charge is 0.0588 e.